The summed E-state index contributed by atoms with van der Waals surface area (Å²) in [6.45, 7) is 2.26. The van der Waals surface area contributed by atoms with Gasteiger partial charge < -0.3 is 5.32 Å². The maximum atomic E-state index is 3.47. The first-order chi connectivity index (χ1) is 7.28. The maximum Gasteiger partial charge on any atom is 0.0101 e. The van der Waals surface area contributed by atoms with Crippen LogP contribution in [0.2, 0.25) is 0 Å². The fourth-order valence-electron chi connectivity index (χ4n) is 3.68. The van der Waals surface area contributed by atoms with Crippen LogP contribution in [0.4, 0.5) is 0 Å². The van der Waals surface area contributed by atoms with Crippen LogP contribution in [-0.2, 0) is 5.41 Å². The van der Waals surface area contributed by atoms with Crippen LogP contribution in [0.3, 0.4) is 0 Å². The van der Waals surface area contributed by atoms with E-state index in [2.05, 4.69) is 43.6 Å². The molecule has 1 N–H and O–H groups in total. The molecule has 3 rings (SSSR count). The highest BCUT2D eigenvalue weighted by Gasteiger charge is 2.62. The number of aryl methyl sites for hydroxylation is 1. The van der Waals surface area contributed by atoms with Crippen LogP contribution in [0.25, 0.3) is 0 Å². The predicted octanol–water partition coefficient (Wildman–Crippen LogP) is 2.63. The van der Waals surface area contributed by atoms with Gasteiger partial charge in [-0.3, -0.25) is 0 Å². The molecule has 80 valence electrons. The number of hydrogen-bond donors (Lipinski definition) is 1. The molecule has 2 fully saturated rings. The summed E-state index contributed by atoms with van der Waals surface area (Å²) in [6.07, 6.45) is 4.15. The minimum Gasteiger partial charge on any atom is -0.317 e. The number of benzene rings is 1. The molecule has 3 unspecified atom stereocenters. The van der Waals surface area contributed by atoms with Gasteiger partial charge in [0.25, 0.3) is 0 Å². The van der Waals surface area contributed by atoms with E-state index < -0.39 is 0 Å². The highest BCUT2D eigenvalue weighted by Crippen LogP contribution is 2.64. The van der Waals surface area contributed by atoms with E-state index in [-0.39, 0.29) is 0 Å². The first-order valence-corrected chi connectivity index (χ1v) is 6.01. The lowest BCUT2D eigenvalue weighted by Gasteiger charge is -2.14. The van der Waals surface area contributed by atoms with Crippen LogP contribution < -0.4 is 5.32 Å². The van der Waals surface area contributed by atoms with Gasteiger partial charge in [-0.2, -0.15) is 0 Å². The number of fused-ring (bicyclic) bond motifs is 1. The Kier molecular flexibility index (Phi) is 1.93. The Hall–Kier alpha value is -0.820. The van der Waals surface area contributed by atoms with E-state index in [9.17, 15) is 0 Å². The quantitative estimate of drug-likeness (QED) is 0.775. The van der Waals surface area contributed by atoms with Gasteiger partial charge in [-0.15, -0.1) is 0 Å². The van der Waals surface area contributed by atoms with Crippen molar-refractivity contribution in [2.24, 2.45) is 5.92 Å². The summed E-state index contributed by atoms with van der Waals surface area (Å²) < 4.78 is 0. The first kappa shape index (κ1) is 9.41. The standard InChI is InChI=1S/C14H19N/c1-10-5-3-4-6-11(10)14-8-7-13(15-2)12(14)9-14/h3-6,12-13,15H,7-9H2,1-2H3. The highest BCUT2D eigenvalue weighted by molar-refractivity contribution is 5.42. The van der Waals surface area contributed by atoms with Crippen molar-refractivity contribution < 1.29 is 0 Å². The van der Waals surface area contributed by atoms with Crippen LogP contribution in [-0.4, -0.2) is 13.1 Å². The fourth-order valence-corrected chi connectivity index (χ4v) is 3.68. The van der Waals surface area contributed by atoms with Crippen molar-refractivity contribution in [1.29, 1.82) is 0 Å². The molecule has 0 spiro atoms. The van der Waals surface area contributed by atoms with E-state index in [0.29, 0.717) is 5.41 Å². The van der Waals surface area contributed by atoms with Crippen molar-refractivity contribution >= 4 is 0 Å². The Labute approximate surface area is 91.9 Å². The molecule has 3 atom stereocenters. The zero-order chi connectivity index (χ0) is 10.5. The maximum absolute atomic E-state index is 3.47. The van der Waals surface area contributed by atoms with Crippen LogP contribution in [0.15, 0.2) is 24.3 Å². The molecule has 0 radical (unpaired) electrons. The summed E-state index contributed by atoms with van der Waals surface area (Å²) in [4.78, 5) is 0. The Morgan fingerprint density at radius 3 is 2.73 bits per heavy atom. The third-order valence-electron chi connectivity index (χ3n) is 4.57. The van der Waals surface area contributed by atoms with Gasteiger partial charge in [-0.25, -0.2) is 0 Å². The molecule has 2 aliphatic carbocycles. The molecular formula is C14H19N. The second-order valence-electron chi connectivity index (χ2n) is 5.22. The first-order valence-electron chi connectivity index (χ1n) is 6.01. The van der Waals surface area contributed by atoms with Gasteiger partial charge in [0.2, 0.25) is 0 Å². The van der Waals surface area contributed by atoms with Gasteiger partial charge in [0.05, 0.1) is 0 Å². The molecular weight excluding hydrogens is 182 g/mol. The monoisotopic (exact) mass is 201 g/mol. The summed E-state index contributed by atoms with van der Waals surface area (Å²) in [6, 6.07) is 9.71. The number of nitrogens with one attached hydrogen (secondary N) is 1. The molecule has 0 bridgehead atoms. The van der Waals surface area contributed by atoms with E-state index in [0.717, 1.165) is 12.0 Å². The summed E-state index contributed by atoms with van der Waals surface area (Å²) in [7, 11) is 2.11. The predicted molar refractivity (Wildman–Crippen MR) is 63.0 cm³/mol. The Morgan fingerprint density at radius 1 is 1.33 bits per heavy atom. The van der Waals surface area contributed by atoms with Gasteiger partial charge in [0.15, 0.2) is 0 Å². The summed E-state index contributed by atoms with van der Waals surface area (Å²) in [5.41, 5.74) is 3.66. The Balaban J connectivity index is 1.95. The smallest absolute Gasteiger partial charge is 0.0101 e. The summed E-state index contributed by atoms with van der Waals surface area (Å²) in [5, 5.41) is 3.47. The third-order valence-corrected chi connectivity index (χ3v) is 4.57. The molecule has 0 saturated heterocycles. The topological polar surface area (TPSA) is 12.0 Å². The van der Waals surface area contributed by atoms with E-state index in [1.54, 1.807) is 5.56 Å². The molecule has 0 amide bonds. The average Bonchev–Trinajstić information content (AvgIpc) is 2.87. The van der Waals surface area contributed by atoms with Crippen LogP contribution in [0.5, 0.6) is 0 Å². The molecule has 0 heterocycles. The lowest BCUT2D eigenvalue weighted by molar-refractivity contribution is 0.519. The second-order valence-corrected chi connectivity index (χ2v) is 5.22. The van der Waals surface area contributed by atoms with E-state index >= 15 is 0 Å². The average molecular weight is 201 g/mol. The normalized spacial score (nSPS) is 37.7. The van der Waals surface area contributed by atoms with Crippen molar-refractivity contribution in [3.05, 3.63) is 35.4 Å². The Morgan fingerprint density at radius 2 is 2.13 bits per heavy atom. The lowest BCUT2D eigenvalue weighted by atomic mass is 9.90. The van der Waals surface area contributed by atoms with Crippen molar-refractivity contribution in [2.75, 3.05) is 7.05 Å². The largest absolute Gasteiger partial charge is 0.317 e. The molecule has 0 aliphatic heterocycles. The van der Waals surface area contributed by atoms with Gasteiger partial charge in [0.1, 0.15) is 0 Å². The second kappa shape index (κ2) is 3.08. The summed E-state index contributed by atoms with van der Waals surface area (Å²) >= 11 is 0. The van der Waals surface area contributed by atoms with Gasteiger partial charge in [0, 0.05) is 11.5 Å². The van der Waals surface area contributed by atoms with E-state index in [1.165, 1.54) is 24.8 Å². The van der Waals surface area contributed by atoms with E-state index in [1.807, 2.05) is 0 Å². The molecule has 15 heavy (non-hydrogen) atoms. The highest BCUT2D eigenvalue weighted by atomic mass is 14.9. The lowest BCUT2D eigenvalue weighted by Crippen LogP contribution is -2.24. The minimum absolute atomic E-state index is 0.555. The van der Waals surface area contributed by atoms with Crippen molar-refractivity contribution in [2.45, 2.75) is 37.6 Å². The van der Waals surface area contributed by atoms with Gasteiger partial charge in [-0.05, 0) is 50.3 Å². The van der Waals surface area contributed by atoms with Crippen molar-refractivity contribution in [1.82, 2.24) is 5.32 Å². The summed E-state index contributed by atoms with van der Waals surface area (Å²) in [5.74, 6) is 0.906. The minimum atomic E-state index is 0.555. The molecule has 2 aliphatic rings. The molecule has 1 nitrogen and oxygen atoms in total. The molecule has 2 saturated carbocycles. The van der Waals surface area contributed by atoms with Crippen LogP contribution in [0.1, 0.15) is 30.4 Å². The molecule has 1 aromatic carbocycles. The zero-order valence-corrected chi connectivity index (χ0v) is 9.59. The molecule has 1 heteroatoms. The zero-order valence-electron chi connectivity index (χ0n) is 9.59. The van der Waals surface area contributed by atoms with Gasteiger partial charge >= 0.3 is 0 Å². The molecule has 1 aromatic rings. The number of rotatable bonds is 2. The number of hydrogen-bond acceptors (Lipinski definition) is 1. The molecule has 0 aromatic heterocycles. The fraction of sp³-hybridized carbons (Fsp3) is 0.571. The van der Waals surface area contributed by atoms with Crippen molar-refractivity contribution in [3.63, 3.8) is 0 Å². The SMILES string of the molecule is CNC1CCC2(c3ccccc3C)CC12. The Bertz CT molecular complexity index is 385. The van der Waals surface area contributed by atoms with Crippen LogP contribution >= 0.6 is 0 Å². The third kappa shape index (κ3) is 1.19. The van der Waals surface area contributed by atoms with Gasteiger partial charge in [-0.1, -0.05) is 24.3 Å². The van der Waals surface area contributed by atoms with E-state index in [4.69, 9.17) is 0 Å². The van der Waals surface area contributed by atoms with Crippen molar-refractivity contribution in [3.8, 4) is 0 Å². The van der Waals surface area contributed by atoms with Crippen LogP contribution in [0, 0.1) is 12.8 Å².